The van der Waals surface area contributed by atoms with E-state index in [2.05, 4.69) is 25.9 Å². The van der Waals surface area contributed by atoms with Gasteiger partial charge in [-0.1, -0.05) is 20.8 Å². The molecule has 1 saturated heterocycles. The van der Waals surface area contributed by atoms with Crippen LogP contribution in [0.25, 0.3) is 0 Å². The molecule has 0 unspecified atom stereocenters. The molecule has 156 valence electrons. The van der Waals surface area contributed by atoms with Crippen LogP contribution in [0, 0.1) is 0 Å². The Hall–Kier alpha value is -2.83. The molecule has 29 heavy (non-hydrogen) atoms. The predicted molar refractivity (Wildman–Crippen MR) is 111 cm³/mol. The van der Waals surface area contributed by atoms with E-state index in [-0.39, 0.29) is 22.9 Å². The predicted octanol–water partition coefficient (Wildman–Crippen LogP) is 3.04. The van der Waals surface area contributed by atoms with Gasteiger partial charge < -0.3 is 14.4 Å². The second kappa shape index (κ2) is 8.27. The van der Waals surface area contributed by atoms with Gasteiger partial charge in [-0.3, -0.25) is 9.59 Å². The third-order valence-corrected chi connectivity index (χ3v) is 5.32. The fourth-order valence-electron chi connectivity index (χ4n) is 3.55. The molecule has 2 heterocycles. The summed E-state index contributed by atoms with van der Waals surface area (Å²) in [6, 6.07) is 8.57. The zero-order chi connectivity index (χ0) is 21.2. The van der Waals surface area contributed by atoms with Gasteiger partial charge in [-0.2, -0.15) is 5.10 Å². The Morgan fingerprint density at radius 1 is 1.03 bits per heavy atom. The molecule has 1 fully saturated rings. The Morgan fingerprint density at radius 3 is 2.28 bits per heavy atom. The van der Waals surface area contributed by atoms with E-state index in [1.807, 2.05) is 4.90 Å². The summed E-state index contributed by atoms with van der Waals surface area (Å²) in [6.45, 7) is 7.38. The number of hydrogen-bond donors (Lipinski definition) is 0. The van der Waals surface area contributed by atoms with Gasteiger partial charge in [0.1, 0.15) is 0 Å². The molecule has 0 bridgehead atoms. The molecule has 1 aliphatic rings. The first-order chi connectivity index (χ1) is 13.7. The van der Waals surface area contributed by atoms with Gasteiger partial charge in [-0.25, -0.2) is 4.68 Å². The molecule has 1 amide bonds. The van der Waals surface area contributed by atoms with Crippen LogP contribution in [0.4, 0.5) is 0 Å². The fraction of sp³-hybridized carbons (Fsp3) is 0.500. The molecule has 0 radical (unpaired) electrons. The number of rotatable bonds is 4. The van der Waals surface area contributed by atoms with Gasteiger partial charge in [0.25, 0.3) is 11.5 Å². The number of benzene rings is 1. The van der Waals surface area contributed by atoms with Crippen LogP contribution in [0.2, 0.25) is 0 Å². The van der Waals surface area contributed by atoms with Crippen molar-refractivity contribution < 1.29 is 14.3 Å². The van der Waals surface area contributed by atoms with E-state index < -0.39 is 0 Å². The highest BCUT2D eigenvalue weighted by atomic mass is 16.5. The van der Waals surface area contributed by atoms with Gasteiger partial charge in [0.05, 0.1) is 26.0 Å². The third-order valence-electron chi connectivity index (χ3n) is 5.32. The van der Waals surface area contributed by atoms with Crippen LogP contribution in [0.1, 0.15) is 55.7 Å². The zero-order valence-corrected chi connectivity index (χ0v) is 17.8. The molecule has 0 atom stereocenters. The molecule has 7 heteroatoms. The molecular weight excluding hydrogens is 370 g/mol. The number of carbonyl (C=O) groups excluding carboxylic acids is 1. The minimum absolute atomic E-state index is 0.000691. The molecule has 0 saturated carbocycles. The summed E-state index contributed by atoms with van der Waals surface area (Å²) < 4.78 is 12.1. The first-order valence-electron chi connectivity index (χ1n) is 9.86. The van der Waals surface area contributed by atoms with Crippen LogP contribution in [0.15, 0.2) is 35.1 Å². The third kappa shape index (κ3) is 4.44. The van der Waals surface area contributed by atoms with Crippen molar-refractivity contribution >= 4 is 5.91 Å². The van der Waals surface area contributed by atoms with Crippen molar-refractivity contribution in [2.24, 2.45) is 0 Å². The second-order valence-electron chi connectivity index (χ2n) is 8.34. The Kier molecular flexibility index (Phi) is 5.96. The molecule has 1 aromatic heterocycles. The highest BCUT2D eigenvalue weighted by Crippen LogP contribution is 2.29. The first-order valence-corrected chi connectivity index (χ1v) is 9.86. The highest BCUT2D eigenvalue weighted by Gasteiger charge is 2.27. The summed E-state index contributed by atoms with van der Waals surface area (Å²) in [4.78, 5) is 27.1. The number of ether oxygens (including phenoxy) is 2. The van der Waals surface area contributed by atoms with Crippen LogP contribution in [0.3, 0.4) is 0 Å². The summed E-state index contributed by atoms with van der Waals surface area (Å²) in [6.07, 6.45) is 1.39. The minimum Gasteiger partial charge on any atom is -0.493 e. The van der Waals surface area contributed by atoms with Crippen LogP contribution in [-0.4, -0.2) is 47.9 Å². The van der Waals surface area contributed by atoms with Crippen molar-refractivity contribution in [3.63, 3.8) is 0 Å². The van der Waals surface area contributed by atoms with E-state index in [1.165, 1.54) is 0 Å². The van der Waals surface area contributed by atoms with Gasteiger partial charge in [-0.05, 0) is 37.1 Å². The van der Waals surface area contributed by atoms with E-state index in [9.17, 15) is 9.59 Å². The Labute approximate surface area is 171 Å². The zero-order valence-electron chi connectivity index (χ0n) is 17.8. The fourth-order valence-corrected chi connectivity index (χ4v) is 3.55. The van der Waals surface area contributed by atoms with Gasteiger partial charge in [0.15, 0.2) is 11.5 Å². The smallest absolute Gasteiger partial charge is 0.267 e. The molecule has 3 rings (SSSR count). The molecule has 0 N–H and O–H groups in total. The van der Waals surface area contributed by atoms with Crippen molar-refractivity contribution in [2.75, 3.05) is 27.3 Å². The summed E-state index contributed by atoms with van der Waals surface area (Å²) in [7, 11) is 3.11. The summed E-state index contributed by atoms with van der Waals surface area (Å²) in [5, 5.41) is 4.61. The molecule has 1 aliphatic heterocycles. The summed E-state index contributed by atoms with van der Waals surface area (Å²) in [5.41, 5.74) is 1.23. The monoisotopic (exact) mass is 399 g/mol. The number of nitrogens with zero attached hydrogens (tertiary/aromatic N) is 3. The van der Waals surface area contributed by atoms with Crippen LogP contribution in [0.5, 0.6) is 11.5 Å². The van der Waals surface area contributed by atoms with Crippen molar-refractivity contribution in [1.29, 1.82) is 0 Å². The molecular formula is C22H29N3O4. The molecule has 0 spiro atoms. The topological polar surface area (TPSA) is 73.7 Å². The van der Waals surface area contributed by atoms with Crippen LogP contribution < -0.4 is 15.0 Å². The normalized spacial score (nSPS) is 15.3. The maximum absolute atomic E-state index is 12.9. The summed E-state index contributed by atoms with van der Waals surface area (Å²) in [5.74, 6) is 1.07. The Morgan fingerprint density at radius 2 is 1.69 bits per heavy atom. The lowest BCUT2D eigenvalue weighted by Crippen LogP contribution is -2.41. The lowest BCUT2D eigenvalue weighted by molar-refractivity contribution is 0.0687. The van der Waals surface area contributed by atoms with Gasteiger partial charge in [-0.15, -0.1) is 0 Å². The number of amides is 1. The minimum atomic E-state index is -0.125. The number of hydrogen-bond acceptors (Lipinski definition) is 5. The average Bonchev–Trinajstić information content (AvgIpc) is 2.72. The Bertz CT molecular complexity index is 938. The summed E-state index contributed by atoms with van der Waals surface area (Å²) >= 11 is 0. The first kappa shape index (κ1) is 20.9. The van der Waals surface area contributed by atoms with E-state index in [0.29, 0.717) is 43.0 Å². The van der Waals surface area contributed by atoms with Crippen LogP contribution in [-0.2, 0) is 5.41 Å². The molecule has 7 nitrogen and oxygen atoms in total. The standard InChI is InChI=1S/C22H29N3O4/c1-22(2,3)19-8-9-20(26)25(23-19)16-10-12-24(13-11-16)21(27)15-6-7-17(28-4)18(14-15)29-5/h6-9,14,16H,10-13H2,1-5H3. The van der Waals surface area contributed by atoms with Crippen molar-refractivity contribution in [2.45, 2.75) is 45.1 Å². The van der Waals surface area contributed by atoms with Crippen LogP contribution >= 0.6 is 0 Å². The lowest BCUT2D eigenvalue weighted by Gasteiger charge is -2.33. The molecule has 1 aromatic carbocycles. The number of methoxy groups -OCH3 is 2. The Balaban J connectivity index is 1.73. The largest absolute Gasteiger partial charge is 0.493 e. The van der Waals surface area contributed by atoms with Crippen molar-refractivity contribution in [3.8, 4) is 11.5 Å². The average molecular weight is 399 g/mol. The number of likely N-dealkylation sites (tertiary alicyclic amines) is 1. The number of aromatic nitrogens is 2. The molecule has 2 aromatic rings. The lowest BCUT2D eigenvalue weighted by atomic mass is 9.92. The SMILES string of the molecule is COc1ccc(C(=O)N2CCC(n3nc(C(C)(C)C)ccc3=O)CC2)cc1OC. The van der Waals surface area contributed by atoms with E-state index >= 15 is 0 Å². The quantitative estimate of drug-likeness (QED) is 0.790. The van der Waals surface area contributed by atoms with E-state index in [4.69, 9.17) is 9.47 Å². The molecule has 0 aliphatic carbocycles. The van der Waals surface area contributed by atoms with Gasteiger partial charge in [0.2, 0.25) is 0 Å². The van der Waals surface area contributed by atoms with Gasteiger partial charge in [0, 0.05) is 30.1 Å². The maximum Gasteiger partial charge on any atom is 0.267 e. The van der Waals surface area contributed by atoms with Crippen molar-refractivity contribution in [3.05, 3.63) is 51.9 Å². The van der Waals surface area contributed by atoms with Crippen molar-refractivity contribution in [1.82, 2.24) is 14.7 Å². The number of piperidine rings is 1. The number of carbonyl (C=O) groups is 1. The maximum atomic E-state index is 12.9. The van der Waals surface area contributed by atoms with Gasteiger partial charge >= 0.3 is 0 Å². The van der Waals surface area contributed by atoms with E-state index in [0.717, 1.165) is 5.69 Å². The highest BCUT2D eigenvalue weighted by molar-refractivity contribution is 5.95. The second-order valence-corrected chi connectivity index (χ2v) is 8.34. The van der Waals surface area contributed by atoms with E-state index in [1.54, 1.807) is 49.2 Å².